The summed E-state index contributed by atoms with van der Waals surface area (Å²) in [6.45, 7) is 2.43. The van der Waals surface area contributed by atoms with Crippen molar-refractivity contribution in [3.63, 3.8) is 0 Å². The van der Waals surface area contributed by atoms with Gasteiger partial charge in [0.15, 0.2) is 0 Å². The second kappa shape index (κ2) is 7.95. The maximum atomic E-state index is 8.77. The van der Waals surface area contributed by atoms with Crippen molar-refractivity contribution in [2.75, 3.05) is 18.5 Å². The van der Waals surface area contributed by atoms with E-state index in [4.69, 9.17) is 14.8 Å². The fourth-order valence-electron chi connectivity index (χ4n) is 2.35. The van der Waals surface area contributed by atoms with Crippen LogP contribution in [0.4, 0.5) is 5.69 Å². The largest absolute Gasteiger partial charge is 0.491 e. The average molecular weight is 340 g/mol. The van der Waals surface area contributed by atoms with Gasteiger partial charge in [0.1, 0.15) is 17.4 Å². The van der Waals surface area contributed by atoms with Crippen molar-refractivity contribution in [2.45, 2.75) is 13.0 Å². The highest BCUT2D eigenvalue weighted by Crippen LogP contribution is 2.27. The van der Waals surface area contributed by atoms with E-state index in [-0.39, 0.29) is 12.6 Å². The number of hydrogen-bond donors (Lipinski definition) is 2. The van der Waals surface area contributed by atoms with Crippen LogP contribution in [-0.2, 0) is 0 Å². The number of aromatic nitrogens is 1. The first kappa shape index (κ1) is 16.5. The fraction of sp³-hybridized carbons (Fsp3) is 0.211. The zero-order valence-electron chi connectivity index (χ0n) is 13.5. The van der Waals surface area contributed by atoms with Crippen molar-refractivity contribution in [2.24, 2.45) is 0 Å². The van der Waals surface area contributed by atoms with Crippen molar-refractivity contribution >= 4 is 17.0 Å². The summed E-state index contributed by atoms with van der Waals surface area (Å²) >= 11 is 1.66. The summed E-state index contributed by atoms with van der Waals surface area (Å²) in [5, 5.41) is 15.4. The molecule has 0 amide bonds. The van der Waals surface area contributed by atoms with E-state index in [2.05, 4.69) is 29.8 Å². The highest BCUT2D eigenvalue weighted by Gasteiger charge is 2.11. The number of anilines is 1. The standard InChI is InChI=1S/C19H20N2O2S/c1-14(20-16-7-9-17(10-8-16)23-12-11-22)19-21-18(13-24-19)15-5-3-2-4-6-15/h2-10,13-14,20,22H,11-12H2,1H3. The summed E-state index contributed by atoms with van der Waals surface area (Å²) in [7, 11) is 0. The van der Waals surface area contributed by atoms with Gasteiger partial charge in [-0.25, -0.2) is 4.98 Å². The van der Waals surface area contributed by atoms with Crippen LogP contribution in [0.1, 0.15) is 18.0 Å². The molecular weight excluding hydrogens is 320 g/mol. The predicted octanol–water partition coefficient (Wildman–Crippen LogP) is 4.35. The lowest BCUT2D eigenvalue weighted by molar-refractivity contribution is 0.201. The van der Waals surface area contributed by atoms with Gasteiger partial charge < -0.3 is 15.2 Å². The van der Waals surface area contributed by atoms with E-state index < -0.39 is 0 Å². The molecule has 124 valence electrons. The topological polar surface area (TPSA) is 54.4 Å². The number of aliphatic hydroxyl groups excluding tert-OH is 1. The van der Waals surface area contributed by atoms with E-state index in [9.17, 15) is 0 Å². The van der Waals surface area contributed by atoms with Crippen LogP contribution >= 0.6 is 11.3 Å². The molecule has 1 aromatic heterocycles. The minimum absolute atomic E-state index is 0.0187. The van der Waals surface area contributed by atoms with Crippen LogP contribution in [0.3, 0.4) is 0 Å². The SMILES string of the molecule is CC(Nc1ccc(OCCO)cc1)c1nc(-c2ccccc2)cs1. The molecule has 3 rings (SSSR count). The van der Waals surface area contributed by atoms with E-state index in [1.807, 2.05) is 42.5 Å². The molecular formula is C19H20N2O2S. The molecule has 2 aromatic carbocycles. The van der Waals surface area contributed by atoms with Crippen LogP contribution in [0.15, 0.2) is 60.0 Å². The first-order valence-electron chi connectivity index (χ1n) is 7.87. The minimum atomic E-state index is 0.0187. The molecule has 4 nitrogen and oxygen atoms in total. The highest BCUT2D eigenvalue weighted by molar-refractivity contribution is 7.10. The Morgan fingerprint density at radius 3 is 2.58 bits per heavy atom. The van der Waals surface area contributed by atoms with Crippen LogP contribution in [0.2, 0.25) is 0 Å². The second-order valence-electron chi connectivity index (χ2n) is 5.40. The maximum absolute atomic E-state index is 8.77. The van der Waals surface area contributed by atoms with Gasteiger partial charge >= 0.3 is 0 Å². The first-order chi connectivity index (χ1) is 11.8. The van der Waals surface area contributed by atoms with Crippen molar-refractivity contribution < 1.29 is 9.84 Å². The Bertz CT molecular complexity index is 757. The highest BCUT2D eigenvalue weighted by atomic mass is 32.1. The van der Waals surface area contributed by atoms with Crippen molar-refractivity contribution in [3.05, 3.63) is 65.0 Å². The van der Waals surface area contributed by atoms with Gasteiger partial charge in [0.05, 0.1) is 18.3 Å². The summed E-state index contributed by atoms with van der Waals surface area (Å²) in [5.41, 5.74) is 3.16. The quantitative estimate of drug-likeness (QED) is 0.671. The summed E-state index contributed by atoms with van der Waals surface area (Å²) in [6.07, 6.45) is 0. The Morgan fingerprint density at radius 1 is 1.12 bits per heavy atom. The van der Waals surface area contributed by atoms with E-state index in [1.165, 1.54) is 0 Å². The van der Waals surface area contributed by atoms with Gasteiger partial charge in [-0.05, 0) is 31.2 Å². The Labute approximate surface area is 145 Å². The Balaban J connectivity index is 1.65. The van der Waals surface area contributed by atoms with Crippen molar-refractivity contribution in [3.8, 4) is 17.0 Å². The molecule has 3 aromatic rings. The molecule has 0 fully saturated rings. The molecule has 0 aliphatic heterocycles. The number of thiazole rings is 1. The lowest BCUT2D eigenvalue weighted by atomic mass is 10.2. The smallest absolute Gasteiger partial charge is 0.119 e. The van der Waals surface area contributed by atoms with Crippen LogP contribution in [0, 0.1) is 0 Å². The molecule has 0 saturated heterocycles. The number of benzene rings is 2. The third kappa shape index (κ3) is 4.13. The molecule has 0 aliphatic carbocycles. The molecule has 1 unspecified atom stereocenters. The molecule has 2 N–H and O–H groups in total. The third-order valence-electron chi connectivity index (χ3n) is 3.56. The summed E-state index contributed by atoms with van der Waals surface area (Å²) in [4.78, 5) is 4.74. The molecule has 0 bridgehead atoms. The molecule has 5 heteroatoms. The number of rotatable bonds is 7. The summed E-state index contributed by atoms with van der Waals surface area (Å²) in [5.74, 6) is 0.753. The lowest BCUT2D eigenvalue weighted by Crippen LogP contribution is -2.06. The van der Waals surface area contributed by atoms with Gasteiger partial charge in [-0.2, -0.15) is 0 Å². The maximum Gasteiger partial charge on any atom is 0.119 e. The van der Waals surface area contributed by atoms with E-state index in [0.717, 1.165) is 27.7 Å². The summed E-state index contributed by atoms with van der Waals surface area (Å²) in [6, 6.07) is 18.0. The van der Waals surface area contributed by atoms with Crippen LogP contribution in [0.5, 0.6) is 5.75 Å². The Kier molecular flexibility index (Phi) is 5.46. The van der Waals surface area contributed by atoms with Gasteiger partial charge in [-0.15, -0.1) is 11.3 Å². The molecule has 1 atom stereocenters. The Morgan fingerprint density at radius 2 is 1.88 bits per heavy atom. The zero-order valence-corrected chi connectivity index (χ0v) is 14.3. The number of hydrogen-bond acceptors (Lipinski definition) is 5. The van der Waals surface area contributed by atoms with Gasteiger partial charge in [0, 0.05) is 16.6 Å². The molecule has 0 radical (unpaired) electrons. The molecule has 0 saturated carbocycles. The van der Waals surface area contributed by atoms with Crippen molar-refractivity contribution in [1.82, 2.24) is 4.98 Å². The van der Waals surface area contributed by atoms with Gasteiger partial charge in [0.2, 0.25) is 0 Å². The van der Waals surface area contributed by atoms with E-state index in [0.29, 0.717) is 6.61 Å². The van der Waals surface area contributed by atoms with Crippen LogP contribution in [0.25, 0.3) is 11.3 Å². The summed E-state index contributed by atoms with van der Waals surface area (Å²) < 4.78 is 5.36. The van der Waals surface area contributed by atoms with Crippen LogP contribution < -0.4 is 10.1 Å². The molecule has 1 heterocycles. The average Bonchev–Trinajstić information content (AvgIpc) is 3.12. The molecule has 24 heavy (non-hydrogen) atoms. The minimum Gasteiger partial charge on any atom is -0.491 e. The van der Waals surface area contributed by atoms with Gasteiger partial charge in [-0.3, -0.25) is 0 Å². The van der Waals surface area contributed by atoms with E-state index in [1.54, 1.807) is 11.3 Å². The Hall–Kier alpha value is -2.37. The van der Waals surface area contributed by atoms with Crippen molar-refractivity contribution in [1.29, 1.82) is 0 Å². The van der Waals surface area contributed by atoms with Gasteiger partial charge in [0.25, 0.3) is 0 Å². The van der Waals surface area contributed by atoms with Crippen LogP contribution in [-0.4, -0.2) is 23.3 Å². The van der Waals surface area contributed by atoms with Gasteiger partial charge in [-0.1, -0.05) is 30.3 Å². The number of aliphatic hydroxyl groups is 1. The number of ether oxygens (including phenoxy) is 1. The fourth-order valence-corrected chi connectivity index (χ4v) is 3.19. The lowest BCUT2D eigenvalue weighted by Gasteiger charge is -2.13. The van der Waals surface area contributed by atoms with E-state index >= 15 is 0 Å². The predicted molar refractivity (Wildman–Crippen MR) is 98.6 cm³/mol. The second-order valence-corrected chi connectivity index (χ2v) is 6.29. The third-order valence-corrected chi connectivity index (χ3v) is 4.59. The number of nitrogens with zero attached hydrogens (tertiary/aromatic N) is 1. The zero-order chi connectivity index (χ0) is 16.8. The monoisotopic (exact) mass is 340 g/mol. The molecule has 0 aliphatic rings. The normalized spacial score (nSPS) is 11.9. The molecule has 0 spiro atoms. The number of nitrogens with one attached hydrogen (secondary N) is 1. The first-order valence-corrected chi connectivity index (χ1v) is 8.75.